The Morgan fingerprint density at radius 3 is 1.91 bits per heavy atom. The lowest BCUT2D eigenvalue weighted by molar-refractivity contribution is 0.661. The molecule has 32 heavy (non-hydrogen) atoms. The minimum absolute atomic E-state index is 1.13. The van der Waals surface area contributed by atoms with Crippen molar-refractivity contribution in [1.82, 2.24) is 4.57 Å². The Hall–Kier alpha value is -2.06. The molecule has 1 aromatic heterocycles. The lowest BCUT2D eigenvalue weighted by atomic mass is 9.99. The second-order valence-corrected chi connectivity index (χ2v) is 10.1. The molecule has 4 rings (SSSR count). The molecule has 0 bridgehead atoms. The van der Waals surface area contributed by atoms with Gasteiger partial charge in [0.15, 0.2) is 0 Å². The van der Waals surface area contributed by atoms with E-state index in [0.717, 1.165) is 4.47 Å². The smallest absolute Gasteiger partial charge is 0.0552 e. The maximum atomic E-state index is 3.71. The highest BCUT2D eigenvalue weighted by atomic mass is 79.9. The van der Waals surface area contributed by atoms with Crippen LogP contribution in [-0.4, -0.2) is 4.57 Å². The van der Waals surface area contributed by atoms with E-state index in [2.05, 4.69) is 95.0 Å². The van der Waals surface area contributed by atoms with E-state index in [9.17, 15) is 0 Å². The minimum Gasteiger partial charge on any atom is -0.309 e. The Kier molecular flexibility index (Phi) is 8.08. The summed E-state index contributed by atoms with van der Waals surface area (Å²) in [5.41, 5.74) is 6.86. The van der Waals surface area contributed by atoms with Crippen LogP contribution in [0.3, 0.4) is 0 Å². The van der Waals surface area contributed by atoms with Crippen LogP contribution in [0.25, 0.3) is 27.5 Å². The molecular formula is C30H36BrN. The van der Waals surface area contributed by atoms with Crippen molar-refractivity contribution in [2.75, 3.05) is 0 Å². The summed E-state index contributed by atoms with van der Waals surface area (Å²) < 4.78 is 3.60. The fraction of sp³-hybridized carbons (Fsp3) is 0.400. The monoisotopic (exact) mass is 489 g/mol. The van der Waals surface area contributed by atoms with Crippen molar-refractivity contribution in [1.29, 1.82) is 0 Å². The van der Waals surface area contributed by atoms with E-state index in [0.29, 0.717) is 0 Å². The van der Waals surface area contributed by atoms with Crippen molar-refractivity contribution in [3.63, 3.8) is 0 Å². The Morgan fingerprint density at radius 1 is 0.625 bits per heavy atom. The van der Waals surface area contributed by atoms with Gasteiger partial charge in [0.25, 0.3) is 0 Å². The van der Waals surface area contributed by atoms with Crippen molar-refractivity contribution < 1.29 is 0 Å². The van der Waals surface area contributed by atoms with Crippen LogP contribution in [0.1, 0.15) is 76.3 Å². The second kappa shape index (κ2) is 11.2. The zero-order valence-corrected chi connectivity index (χ0v) is 21.3. The van der Waals surface area contributed by atoms with Gasteiger partial charge >= 0.3 is 0 Å². The van der Waals surface area contributed by atoms with Crippen LogP contribution < -0.4 is 0 Å². The third-order valence-corrected chi connectivity index (χ3v) is 7.06. The number of halogens is 1. The van der Waals surface area contributed by atoms with Crippen LogP contribution in [0.2, 0.25) is 0 Å². The summed E-state index contributed by atoms with van der Waals surface area (Å²) in [4.78, 5) is 0. The molecular weight excluding hydrogens is 454 g/mol. The molecule has 1 nitrogen and oxygen atoms in total. The van der Waals surface area contributed by atoms with Crippen molar-refractivity contribution >= 4 is 37.7 Å². The number of aryl methyl sites for hydroxylation is 2. The van der Waals surface area contributed by atoms with E-state index in [1.54, 1.807) is 0 Å². The SMILES string of the molecule is CCCCCCc1cc(CCCCCC)cc(-n2c3ccccc3c3ccc(Br)cc32)c1. The number of hydrogen-bond acceptors (Lipinski definition) is 0. The van der Waals surface area contributed by atoms with Gasteiger partial charge in [-0.15, -0.1) is 0 Å². The zero-order valence-electron chi connectivity index (χ0n) is 19.7. The molecule has 2 heteroatoms. The van der Waals surface area contributed by atoms with Gasteiger partial charge < -0.3 is 4.57 Å². The molecule has 0 atom stereocenters. The highest BCUT2D eigenvalue weighted by Crippen LogP contribution is 2.34. The van der Waals surface area contributed by atoms with Gasteiger partial charge in [-0.25, -0.2) is 0 Å². The van der Waals surface area contributed by atoms with Gasteiger partial charge in [0.1, 0.15) is 0 Å². The molecule has 4 aromatic rings. The second-order valence-electron chi connectivity index (χ2n) is 9.14. The topological polar surface area (TPSA) is 4.93 Å². The van der Waals surface area contributed by atoms with Gasteiger partial charge in [0.05, 0.1) is 11.0 Å². The summed E-state index contributed by atoms with van der Waals surface area (Å²) in [6, 6.07) is 22.9. The Labute approximate surface area is 202 Å². The van der Waals surface area contributed by atoms with Gasteiger partial charge in [0, 0.05) is 20.9 Å². The number of unbranched alkanes of at least 4 members (excludes halogenated alkanes) is 6. The Balaban J connectivity index is 1.78. The van der Waals surface area contributed by atoms with E-state index in [4.69, 9.17) is 0 Å². The number of hydrogen-bond donors (Lipinski definition) is 0. The van der Waals surface area contributed by atoms with E-state index >= 15 is 0 Å². The van der Waals surface area contributed by atoms with Gasteiger partial charge in [0.2, 0.25) is 0 Å². The van der Waals surface area contributed by atoms with E-state index < -0.39 is 0 Å². The number of nitrogens with zero attached hydrogens (tertiary/aromatic N) is 1. The fourth-order valence-corrected chi connectivity index (χ4v) is 5.24. The molecule has 0 N–H and O–H groups in total. The average Bonchev–Trinajstić information content (AvgIpc) is 3.13. The van der Waals surface area contributed by atoms with Crippen molar-refractivity contribution in [3.05, 3.63) is 76.3 Å². The molecule has 0 spiro atoms. The summed E-state index contributed by atoms with van der Waals surface area (Å²) in [6.07, 6.45) is 12.8. The summed E-state index contributed by atoms with van der Waals surface area (Å²) in [7, 11) is 0. The molecule has 1 heterocycles. The van der Waals surface area contributed by atoms with Crippen LogP contribution in [0.15, 0.2) is 65.1 Å². The van der Waals surface area contributed by atoms with Gasteiger partial charge in [-0.05, 0) is 67.1 Å². The minimum atomic E-state index is 1.13. The first-order valence-electron chi connectivity index (χ1n) is 12.5. The van der Waals surface area contributed by atoms with Crippen LogP contribution in [0.5, 0.6) is 0 Å². The standard InChI is InChI=1S/C30H36BrN/c1-3-5-7-9-13-23-19-24(14-10-8-6-4-2)21-26(20-23)32-29-16-12-11-15-27(29)28-18-17-25(31)22-30(28)32/h11-12,15-22H,3-10,13-14H2,1-2H3. The molecule has 0 unspecified atom stereocenters. The molecule has 0 aliphatic heterocycles. The first-order chi connectivity index (χ1) is 15.7. The zero-order chi connectivity index (χ0) is 22.3. The molecule has 0 aliphatic carbocycles. The normalized spacial score (nSPS) is 11.6. The third kappa shape index (κ3) is 5.29. The molecule has 0 fully saturated rings. The Morgan fingerprint density at radius 2 is 1.25 bits per heavy atom. The maximum absolute atomic E-state index is 3.71. The average molecular weight is 491 g/mol. The fourth-order valence-electron chi connectivity index (χ4n) is 4.89. The molecule has 0 radical (unpaired) electrons. The van der Waals surface area contributed by atoms with Crippen molar-refractivity contribution in [3.8, 4) is 5.69 Å². The third-order valence-electron chi connectivity index (χ3n) is 6.57. The van der Waals surface area contributed by atoms with Crippen LogP contribution in [-0.2, 0) is 12.8 Å². The molecule has 0 aliphatic rings. The number of para-hydroxylation sites is 1. The Bertz CT molecular complexity index is 1140. The first kappa shape index (κ1) is 23.1. The van der Waals surface area contributed by atoms with Crippen LogP contribution in [0, 0.1) is 0 Å². The molecule has 168 valence electrons. The lowest BCUT2D eigenvalue weighted by Gasteiger charge is -2.14. The highest BCUT2D eigenvalue weighted by Gasteiger charge is 2.13. The maximum Gasteiger partial charge on any atom is 0.0552 e. The van der Waals surface area contributed by atoms with E-state index in [-0.39, 0.29) is 0 Å². The van der Waals surface area contributed by atoms with Crippen molar-refractivity contribution in [2.45, 2.75) is 78.1 Å². The molecule has 0 saturated carbocycles. The number of aromatic nitrogens is 1. The molecule has 0 saturated heterocycles. The number of rotatable bonds is 11. The number of benzene rings is 3. The van der Waals surface area contributed by atoms with Gasteiger partial charge in [-0.1, -0.05) is 98.6 Å². The number of fused-ring (bicyclic) bond motifs is 3. The molecule has 0 amide bonds. The van der Waals surface area contributed by atoms with E-state index in [1.807, 2.05) is 0 Å². The predicted molar refractivity (Wildman–Crippen MR) is 144 cm³/mol. The summed E-state index contributed by atoms with van der Waals surface area (Å²) in [6.45, 7) is 4.57. The van der Waals surface area contributed by atoms with Crippen molar-refractivity contribution in [2.24, 2.45) is 0 Å². The van der Waals surface area contributed by atoms with Gasteiger partial charge in [-0.3, -0.25) is 0 Å². The van der Waals surface area contributed by atoms with E-state index in [1.165, 1.54) is 103 Å². The first-order valence-corrected chi connectivity index (χ1v) is 13.3. The quantitative estimate of drug-likeness (QED) is 0.184. The van der Waals surface area contributed by atoms with Crippen LogP contribution in [0.4, 0.5) is 0 Å². The van der Waals surface area contributed by atoms with Crippen LogP contribution >= 0.6 is 15.9 Å². The van der Waals surface area contributed by atoms with Gasteiger partial charge in [-0.2, -0.15) is 0 Å². The summed E-state index contributed by atoms with van der Waals surface area (Å²) >= 11 is 3.71. The predicted octanol–water partition coefficient (Wildman–Crippen LogP) is 9.79. The summed E-state index contributed by atoms with van der Waals surface area (Å²) in [5.74, 6) is 0. The largest absolute Gasteiger partial charge is 0.309 e. The lowest BCUT2D eigenvalue weighted by Crippen LogP contribution is -1.99. The summed E-state index contributed by atoms with van der Waals surface area (Å²) in [5, 5.41) is 2.65. The highest BCUT2D eigenvalue weighted by molar-refractivity contribution is 9.10. The molecule has 3 aromatic carbocycles.